The van der Waals surface area contributed by atoms with Gasteiger partial charge in [0.1, 0.15) is 0 Å². The zero-order valence-corrected chi connectivity index (χ0v) is 13.7. The Morgan fingerprint density at radius 1 is 1.00 bits per heavy atom. The van der Waals surface area contributed by atoms with Gasteiger partial charge in [0.15, 0.2) is 17.5 Å². The highest BCUT2D eigenvalue weighted by atomic mass is 19.2. The first-order chi connectivity index (χ1) is 12.5. The number of carbonyl (C=O) groups is 2. The largest absolute Gasteiger partial charge is 0.349 e. The molecule has 0 radical (unpaired) electrons. The Bertz CT molecular complexity index is 822. The van der Waals surface area contributed by atoms with Crippen LogP contribution in [0.4, 0.5) is 13.2 Å². The van der Waals surface area contributed by atoms with Gasteiger partial charge in [0.2, 0.25) is 0 Å². The molecule has 1 fully saturated rings. The fraction of sp³-hybridized carbons (Fsp3) is 0.278. The van der Waals surface area contributed by atoms with Crippen LogP contribution in [0.15, 0.2) is 36.7 Å². The van der Waals surface area contributed by atoms with Gasteiger partial charge >= 0.3 is 0 Å². The lowest BCUT2D eigenvalue weighted by molar-refractivity contribution is 0.0692. The summed E-state index contributed by atoms with van der Waals surface area (Å²) >= 11 is 0. The van der Waals surface area contributed by atoms with Crippen LogP contribution in [-0.2, 0) is 0 Å². The second-order valence-corrected chi connectivity index (χ2v) is 6.00. The standard InChI is InChI=1S/C18H16F3N3O2/c19-14-2-1-13(15(20)16(14)21)18(26)24-9-5-12(6-10-24)23-17(25)11-3-7-22-8-4-11/h1-4,7-8,12H,5-6,9-10H2,(H,23,25). The maximum Gasteiger partial charge on any atom is 0.256 e. The average Bonchev–Trinajstić information content (AvgIpc) is 2.67. The second kappa shape index (κ2) is 7.55. The summed E-state index contributed by atoms with van der Waals surface area (Å²) in [4.78, 5) is 29.7. The van der Waals surface area contributed by atoms with Crippen molar-refractivity contribution in [3.63, 3.8) is 0 Å². The van der Waals surface area contributed by atoms with E-state index in [2.05, 4.69) is 10.3 Å². The minimum Gasteiger partial charge on any atom is -0.349 e. The van der Waals surface area contributed by atoms with Crippen LogP contribution in [0, 0.1) is 17.5 Å². The summed E-state index contributed by atoms with van der Waals surface area (Å²) in [7, 11) is 0. The summed E-state index contributed by atoms with van der Waals surface area (Å²) in [5, 5.41) is 2.87. The van der Waals surface area contributed by atoms with Crippen molar-refractivity contribution in [2.24, 2.45) is 0 Å². The smallest absolute Gasteiger partial charge is 0.256 e. The number of nitrogens with one attached hydrogen (secondary N) is 1. The fourth-order valence-corrected chi connectivity index (χ4v) is 2.86. The molecule has 136 valence electrons. The predicted octanol–water partition coefficient (Wildman–Crippen LogP) is 2.53. The molecule has 2 heterocycles. The molecule has 8 heteroatoms. The molecule has 3 rings (SSSR count). The number of hydrogen-bond acceptors (Lipinski definition) is 3. The van der Waals surface area contributed by atoms with Gasteiger partial charge in [0, 0.05) is 37.1 Å². The number of rotatable bonds is 3. The van der Waals surface area contributed by atoms with Crippen molar-refractivity contribution in [2.75, 3.05) is 13.1 Å². The van der Waals surface area contributed by atoms with E-state index < -0.39 is 28.9 Å². The Morgan fingerprint density at radius 2 is 1.65 bits per heavy atom. The van der Waals surface area contributed by atoms with Crippen molar-refractivity contribution < 1.29 is 22.8 Å². The Kier molecular flexibility index (Phi) is 5.20. The van der Waals surface area contributed by atoms with Crippen LogP contribution in [0.3, 0.4) is 0 Å². The number of nitrogens with zero attached hydrogens (tertiary/aromatic N) is 2. The van der Waals surface area contributed by atoms with E-state index in [0.29, 0.717) is 18.4 Å². The van der Waals surface area contributed by atoms with Crippen LogP contribution in [-0.4, -0.2) is 40.8 Å². The van der Waals surface area contributed by atoms with Gasteiger partial charge in [-0.1, -0.05) is 0 Å². The van der Waals surface area contributed by atoms with Crippen LogP contribution in [0.25, 0.3) is 0 Å². The Balaban J connectivity index is 1.59. The minimum atomic E-state index is -1.66. The number of likely N-dealkylation sites (tertiary alicyclic amines) is 1. The molecular formula is C18H16F3N3O2. The van der Waals surface area contributed by atoms with Crippen molar-refractivity contribution in [3.05, 3.63) is 65.2 Å². The number of aromatic nitrogens is 1. The minimum absolute atomic E-state index is 0.130. The maximum atomic E-state index is 13.8. The molecule has 0 bridgehead atoms. The van der Waals surface area contributed by atoms with Crippen LogP contribution in [0.1, 0.15) is 33.6 Å². The molecule has 1 aromatic carbocycles. The fourth-order valence-electron chi connectivity index (χ4n) is 2.86. The molecule has 1 saturated heterocycles. The third kappa shape index (κ3) is 3.68. The highest BCUT2D eigenvalue weighted by Crippen LogP contribution is 2.19. The first-order valence-electron chi connectivity index (χ1n) is 8.11. The number of pyridine rings is 1. The van der Waals surface area contributed by atoms with Gasteiger partial charge < -0.3 is 10.2 Å². The molecule has 1 aliphatic heterocycles. The molecule has 0 atom stereocenters. The number of carbonyl (C=O) groups excluding carboxylic acids is 2. The summed E-state index contributed by atoms with van der Waals surface area (Å²) in [6, 6.07) is 4.73. The Hall–Kier alpha value is -2.90. The van der Waals surface area contributed by atoms with E-state index in [0.717, 1.165) is 12.1 Å². The van der Waals surface area contributed by atoms with E-state index in [1.165, 1.54) is 17.3 Å². The molecule has 0 unspecified atom stereocenters. The van der Waals surface area contributed by atoms with Crippen LogP contribution in [0.2, 0.25) is 0 Å². The third-order valence-electron chi connectivity index (χ3n) is 4.33. The molecule has 2 aromatic rings. The number of benzene rings is 1. The average molecular weight is 363 g/mol. The number of piperidine rings is 1. The highest BCUT2D eigenvalue weighted by Gasteiger charge is 2.28. The van der Waals surface area contributed by atoms with Crippen LogP contribution in [0.5, 0.6) is 0 Å². The van der Waals surface area contributed by atoms with E-state index in [-0.39, 0.29) is 25.0 Å². The van der Waals surface area contributed by atoms with Gasteiger partial charge in [-0.3, -0.25) is 14.6 Å². The molecule has 0 aliphatic carbocycles. The topological polar surface area (TPSA) is 62.3 Å². The molecule has 0 spiro atoms. The third-order valence-corrected chi connectivity index (χ3v) is 4.33. The van der Waals surface area contributed by atoms with Crippen molar-refractivity contribution in [3.8, 4) is 0 Å². The van der Waals surface area contributed by atoms with Crippen LogP contribution >= 0.6 is 0 Å². The zero-order valence-electron chi connectivity index (χ0n) is 13.7. The highest BCUT2D eigenvalue weighted by molar-refractivity contribution is 5.95. The first kappa shape index (κ1) is 17.9. The monoisotopic (exact) mass is 363 g/mol. The van der Waals surface area contributed by atoms with E-state index in [9.17, 15) is 22.8 Å². The molecule has 0 saturated carbocycles. The number of halogens is 3. The molecular weight excluding hydrogens is 347 g/mol. The summed E-state index contributed by atoms with van der Waals surface area (Å²) in [6.45, 7) is 0.553. The van der Waals surface area contributed by atoms with E-state index >= 15 is 0 Å². The Labute approximate surface area is 147 Å². The van der Waals surface area contributed by atoms with Gasteiger partial charge in [-0.2, -0.15) is 0 Å². The normalized spacial score (nSPS) is 15.0. The van der Waals surface area contributed by atoms with Gasteiger partial charge in [0.25, 0.3) is 11.8 Å². The summed E-state index contributed by atoms with van der Waals surface area (Å²) in [5.41, 5.74) is -0.00876. The molecule has 2 amide bonds. The summed E-state index contributed by atoms with van der Waals surface area (Å²) in [5.74, 6) is -5.40. The molecule has 1 aliphatic rings. The van der Waals surface area contributed by atoms with Crippen molar-refractivity contribution in [1.29, 1.82) is 0 Å². The molecule has 1 aromatic heterocycles. The van der Waals surface area contributed by atoms with Crippen LogP contribution < -0.4 is 5.32 Å². The van der Waals surface area contributed by atoms with Gasteiger partial charge in [0.05, 0.1) is 5.56 Å². The summed E-state index contributed by atoms with van der Waals surface area (Å²) < 4.78 is 40.1. The van der Waals surface area contributed by atoms with Gasteiger partial charge in [-0.15, -0.1) is 0 Å². The molecule has 1 N–H and O–H groups in total. The number of hydrogen-bond donors (Lipinski definition) is 1. The molecule has 26 heavy (non-hydrogen) atoms. The Morgan fingerprint density at radius 3 is 2.31 bits per heavy atom. The lowest BCUT2D eigenvalue weighted by atomic mass is 10.0. The summed E-state index contributed by atoms with van der Waals surface area (Å²) in [6.07, 6.45) is 4.00. The van der Waals surface area contributed by atoms with E-state index in [1.54, 1.807) is 12.1 Å². The first-order valence-corrected chi connectivity index (χ1v) is 8.11. The number of amides is 2. The van der Waals surface area contributed by atoms with Crippen molar-refractivity contribution in [2.45, 2.75) is 18.9 Å². The lowest BCUT2D eigenvalue weighted by Gasteiger charge is -2.32. The quantitative estimate of drug-likeness (QED) is 0.853. The SMILES string of the molecule is O=C(NC1CCN(C(=O)c2ccc(F)c(F)c2F)CC1)c1ccncc1. The predicted molar refractivity (Wildman–Crippen MR) is 86.9 cm³/mol. The van der Waals surface area contributed by atoms with Crippen molar-refractivity contribution >= 4 is 11.8 Å². The second-order valence-electron chi connectivity index (χ2n) is 6.00. The van der Waals surface area contributed by atoms with E-state index in [4.69, 9.17) is 0 Å². The van der Waals surface area contributed by atoms with Crippen molar-refractivity contribution in [1.82, 2.24) is 15.2 Å². The maximum absolute atomic E-state index is 13.8. The van der Waals surface area contributed by atoms with E-state index in [1.807, 2.05) is 0 Å². The molecule has 5 nitrogen and oxygen atoms in total. The zero-order chi connectivity index (χ0) is 18.7. The lowest BCUT2D eigenvalue weighted by Crippen LogP contribution is -2.46. The van der Waals surface area contributed by atoms with Gasteiger partial charge in [-0.05, 0) is 37.1 Å². The van der Waals surface area contributed by atoms with Gasteiger partial charge in [-0.25, -0.2) is 13.2 Å².